The third-order valence-corrected chi connectivity index (χ3v) is 5.54. The normalized spacial score (nSPS) is 16.9. The number of likely N-dealkylation sites (N-methyl/N-ethyl adjacent to an activating group) is 1. The number of benzene rings is 2. The molecule has 1 aromatic heterocycles. The van der Waals surface area contributed by atoms with E-state index >= 15 is 0 Å². The monoisotopic (exact) mass is 400 g/mol. The second kappa shape index (κ2) is 7.86. The van der Waals surface area contributed by atoms with Gasteiger partial charge in [-0.1, -0.05) is 23.7 Å². The standard InChI is InChI=1S/C22H22ClNO4/c1-3-24(12-16-13-26-19-6-4-5-7-20(19)27-16)11-15-9-22(25)28-21-8-14(2)18(23)10-17(15)21/h4-10,16H,3,11-13H2,1-2H3/p+1/t16-/m0/s1. The number of fused-ring (bicyclic) bond motifs is 2. The van der Waals surface area contributed by atoms with Gasteiger partial charge in [0.25, 0.3) is 0 Å². The molecule has 0 radical (unpaired) electrons. The van der Waals surface area contributed by atoms with Gasteiger partial charge in [0.1, 0.15) is 25.3 Å². The summed E-state index contributed by atoms with van der Waals surface area (Å²) in [6.07, 6.45) is -0.0398. The summed E-state index contributed by atoms with van der Waals surface area (Å²) in [4.78, 5) is 13.3. The summed E-state index contributed by atoms with van der Waals surface area (Å²) in [5, 5.41) is 1.55. The molecular formula is C22H23ClNO4+. The van der Waals surface area contributed by atoms with E-state index in [2.05, 4.69) is 6.92 Å². The lowest BCUT2D eigenvalue weighted by Gasteiger charge is -2.29. The van der Waals surface area contributed by atoms with Gasteiger partial charge in [-0.3, -0.25) is 0 Å². The molecule has 2 aromatic carbocycles. The van der Waals surface area contributed by atoms with E-state index in [1.54, 1.807) is 6.07 Å². The Morgan fingerprint density at radius 1 is 1.18 bits per heavy atom. The van der Waals surface area contributed by atoms with Crippen molar-refractivity contribution in [3.05, 3.63) is 69.0 Å². The summed E-state index contributed by atoms with van der Waals surface area (Å²) in [6.45, 7) is 6.88. The summed E-state index contributed by atoms with van der Waals surface area (Å²) >= 11 is 6.31. The third kappa shape index (κ3) is 3.86. The van der Waals surface area contributed by atoms with Crippen molar-refractivity contribution < 1.29 is 18.8 Å². The van der Waals surface area contributed by atoms with E-state index < -0.39 is 0 Å². The molecule has 0 saturated carbocycles. The zero-order valence-corrected chi connectivity index (χ0v) is 16.7. The molecule has 1 unspecified atom stereocenters. The van der Waals surface area contributed by atoms with Crippen LogP contribution in [0.4, 0.5) is 0 Å². The molecule has 5 nitrogen and oxygen atoms in total. The first-order chi connectivity index (χ1) is 13.5. The van der Waals surface area contributed by atoms with E-state index in [1.165, 1.54) is 4.90 Å². The van der Waals surface area contributed by atoms with Crippen molar-refractivity contribution in [1.82, 2.24) is 0 Å². The molecule has 0 spiro atoms. The molecule has 1 aliphatic heterocycles. The number of quaternary nitrogens is 1. The molecule has 1 N–H and O–H groups in total. The van der Waals surface area contributed by atoms with Crippen molar-refractivity contribution in [3.63, 3.8) is 0 Å². The minimum atomic E-state index is -0.342. The maximum absolute atomic E-state index is 12.0. The van der Waals surface area contributed by atoms with Crippen LogP contribution in [0.5, 0.6) is 11.5 Å². The Morgan fingerprint density at radius 3 is 2.75 bits per heavy atom. The summed E-state index contributed by atoms with van der Waals surface area (Å²) < 4.78 is 17.3. The topological polar surface area (TPSA) is 53.1 Å². The van der Waals surface area contributed by atoms with Crippen molar-refractivity contribution in [2.75, 3.05) is 19.7 Å². The fourth-order valence-electron chi connectivity index (χ4n) is 3.59. The predicted molar refractivity (Wildman–Crippen MR) is 109 cm³/mol. The van der Waals surface area contributed by atoms with Crippen LogP contribution < -0.4 is 20.0 Å². The largest absolute Gasteiger partial charge is 0.486 e. The first kappa shape index (κ1) is 18.8. The van der Waals surface area contributed by atoms with Gasteiger partial charge in [-0.05, 0) is 43.7 Å². The van der Waals surface area contributed by atoms with Crippen molar-refractivity contribution in [2.45, 2.75) is 26.5 Å². The van der Waals surface area contributed by atoms with E-state index in [0.29, 0.717) is 23.8 Å². The smallest absolute Gasteiger partial charge is 0.336 e. The van der Waals surface area contributed by atoms with Gasteiger partial charge >= 0.3 is 5.63 Å². The van der Waals surface area contributed by atoms with E-state index in [4.69, 9.17) is 25.5 Å². The molecule has 0 amide bonds. The van der Waals surface area contributed by atoms with Gasteiger partial charge in [-0.2, -0.15) is 0 Å². The lowest BCUT2D eigenvalue weighted by atomic mass is 10.1. The maximum Gasteiger partial charge on any atom is 0.336 e. The molecular weight excluding hydrogens is 378 g/mol. The van der Waals surface area contributed by atoms with Crippen LogP contribution in [0.1, 0.15) is 18.1 Å². The highest BCUT2D eigenvalue weighted by molar-refractivity contribution is 6.32. The zero-order chi connectivity index (χ0) is 19.7. The Morgan fingerprint density at radius 2 is 1.96 bits per heavy atom. The molecule has 0 aliphatic carbocycles. The molecule has 146 valence electrons. The molecule has 3 aromatic rings. The summed E-state index contributed by atoms with van der Waals surface area (Å²) in [5.41, 5.74) is 2.06. The molecule has 6 heteroatoms. The quantitative estimate of drug-likeness (QED) is 0.669. The van der Waals surface area contributed by atoms with Crippen LogP contribution in [-0.4, -0.2) is 25.8 Å². The highest BCUT2D eigenvalue weighted by atomic mass is 35.5. The molecule has 0 fully saturated rings. The van der Waals surface area contributed by atoms with Gasteiger partial charge < -0.3 is 18.8 Å². The first-order valence-corrected chi connectivity index (χ1v) is 9.86. The first-order valence-electron chi connectivity index (χ1n) is 9.48. The molecule has 28 heavy (non-hydrogen) atoms. The number of halogens is 1. The van der Waals surface area contributed by atoms with Crippen molar-refractivity contribution in [3.8, 4) is 11.5 Å². The highest BCUT2D eigenvalue weighted by Gasteiger charge is 2.25. The SMILES string of the molecule is CC[NH+](Cc1cc(=O)oc2cc(C)c(Cl)cc12)C[C@H]1COc2ccccc2O1. The van der Waals surface area contributed by atoms with Crippen LogP contribution >= 0.6 is 11.6 Å². The van der Waals surface area contributed by atoms with Gasteiger partial charge in [0, 0.05) is 22.0 Å². The van der Waals surface area contributed by atoms with E-state index in [1.807, 2.05) is 43.3 Å². The average molecular weight is 401 g/mol. The van der Waals surface area contributed by atoms with Gasteiger partial charge in [0.2, 0.25) is 0 Å². The fraction of sp³-hybridized carbons (Fsp3) is 0.318. The lowest BCUT2D eigenvalue weighted by Crippen LogP contribution is -3.11. The average Bonchev–Trinajstić information content (AvgIpc) is 2.68. The number of rotatable bonds is 5. The van der Waals surface area contributed by atoms with Gasteiger partial charge in [-0.25, -0.2) is 4.79 Å². The number of nitrogens with one attached hydrogen (secondary N) is 1. The Balaban J connectivity index is 1.56. The highest BCUT2D eigenvalue weighted by Crippen LogP contribution is 2.30. The minimum absolute atomic E-state index is 0.0398. The van der Waals surface area contributed by atoms with Crippen molar-refractivity contribution in [1.29, 1.82) is 0 Å². The molecule has 2 heterocycles. The van der Waals surface area contributed by atoms with Crippen LogP contribution in [0.2, 0.25) is 5.02 Å². The van der Waals surface area contributed by atoms with Crippen LogP contribution in [0.25, 0.3) is 11.0 Å². The van der Waals surface area contributed by atoms with Gasteiger partial charge in [0.15, 0.2) is 17.6 Å². The van der Waals surface area contributed by atoms with Gasteiger partial charge in [-0.15, -0.1) is 0 Å². The summed E-state index contributed by atoms with van der Waals surface area (Å²) in [6, 6.07) is 13.0. The minimum Gasteiger partial charge on any atom is -0.486 e. The van der Waals surface area contributed by atoms with Gasteiger partial charge in [0.05, 0.1) is 6.54 Å². The molecule has 2 atom stereocenters. The van der Waals surface area contributed by atoms with E-state index in [9.17, 15) is 4.79 Å². The second-order valence-corrected chi connectivity index (χ2v) is 7.58. The van der Waals surface area contributed by atoms with Crippen LogP contribution in [0.3, 0.4) is 0 Å². The van der Waals surface area contributed by atoms with E-state index in [-0.39, 0.29) is 11.7 Å². The predicted octanol–water partition coefficient (Wildman–Crippen LogP) is 3.00. The number of hydrogen-bond donors (Lipinski definition) is 1. The lowest BCUT2D eigenvalue weighted by molar-refractivity contribution is -0.914. The summed E-state index contributed by atoms with van der Waals surface area (Å²) in [7, 11) is 0. The number of aryl methyl sites for hydroxylation is 1. The number of ether oxygens (including phenoxy) is 2. The third-order valence-electron chi connectivity index (χ3n) is 5.13. The fourth-order valence-corrected chi connectivity index (χ4v) is 3.75. The van der Waals surface area contributed by atoms with Crippen LogP contribution in [0, 0.1) is 6.92 Å². The Bertz CT molecular complexity index is 1060. The molecule has 4 rings (SSSR count). The number of para-hydroxylation sites is 2. The van der Waals surface area contributed by atoms with Crippen molar-refractivity contribution >= 4 is 22.6 Å². The number of hydrogen-bond acceptors (Lipinski definition) is 4. The van der Waals surface area contributed by atoms with Crippen molar-refractivity contribution in [2.24, 2.45) is 0 Å². The van der Waals surface area contributed by atoms with Crippen LogP contribution in [0.15, 0.2) is 51.7 Å². The maximum atomic E-state index is 12.0. The zero-order valence-electron chi connectivity index (χ0n) is 16.0. The van der Waals surface area contributed by atoms with Crippen LogP contribution in [-0.2, 0) is 6.54 Å². The Labute approximate surface area is 168 Å². The molecule has 0 bridgehead atoms. The van der Waals surface area contributed by atoms with E-state index in [0.717, 1.165) is 41.1 Å². The molecule has 1 aliphatic rings. The Hall–Kier alpha value is -2.50. The Kier molecular flexibility index (Phi) is 5.29. The summed E-state index contributed by atoms with van der Waals surface area (Å²) in [5.74, 6) is 1.57. The second-order valence-electron chi connectivity index (χ2n) is 7.17. The molecule has 0 saturated heterocycles.